The molecule has 1 amide bonds. The first kappa shape index (κ1) is 15.2. The lowest BCUT2D eigenvalue weighted by Gasteiger charge is -2.21. The maximum absolute atomic E-state index is 12.6. The largest absolute Gasteiger partial charge is 0.445 e. The van der Waals surface area contributed by atoms with Gasteiger partial charge >= 0.3 is 18.4 Å². The minimum atomic E-state index is -4.74. The molecule has 2 N–H and O–H groups in total. The van der Waals surface area contributed by atoms with Crippen LogP contribution in [0.1, 0.15) is 5.56 Å². The Kier molecular flexibility index (Phi) is 5.11. The van der Waals surface area contributed by atoms with Gasteiger partial charge < -0.3 is 9.84 Å². The number of hydrogen-bond acceptors (Lipinski definition) is 3. The van der Waals surface area contributed by atoms with Crippen molar-refractivity contribution in [2.24, 2.45) is 0 Å². The summed E-state index contributed by atoms with van der Waals surface area (Å²) in [4.78, 5) is 11.0. The maximum atomic E-state index is 12.6. The van der Waals surface area contributed by atoms with Gasteiger partial charge in [-0.2, -0.15) is 8.78 Å². The van der Waals surface area contributed by atoms with Crippen LogP contribution in [0.3, 0.4) is 0 Å². The summed E-state index contributed by atoms with van der Waals surface area (Å²) in [5.41, 5.74) is 0.577. The molecule has 0 fully saturated rings. The number of rotatable bonds is 5. The van der Waals surface area contributed by atoms with E-state index in [1.165, 1.54) is 5.32 Å². The lowest BCUT2D eigenvalue weighted by Crippen LogP contribution is -2.51. The Hall–Kier alpha value is -1.83. The van der Waals surface area contributed by atoms with Gasteiger partial charge in [0.1, 0.15) is 6.61 Å². The Labute approximate surface area is 106 Å². The average molecular weight is 281 g/mol. The van der Waals surface area contributed by atoms with Gasteiger partial charge in [-0.15, -0.1) is 0 Å². The molecule has 0 aromatic heterocycles. The molecule has 4 nitrogen and oxygen atoms in total. The van der Waals surface area contributed by atoms with Crippen LogP contribution in [0.15, 0.2) is 30.3 Å². The number of alkyl halides is 4. The summed E-state index contributed by atoms with van der Waals surface area (Å²) in [6.07, 6.45) is -8.54. The fraction of sp³-hybridized carbons (Fsp3) is 0.364. The van der Waals surface area contributed by atoms with E-state index in [1.807, 2.05) is 0 Å². The highest BCUT2D eigenvalue weighted by Crippen LogP contribution is 2.25. The molecule has 0 aliphatic carbocycles. The van der Waals surface area contributed by atoms with Crippen LogP contribution in [0.4, 0.5) is 22.4 Å². The van der Waals surface area contributed by atoms with Gasteiger partial charge in [-0.3, -0.25) is 5.32 Å². The molecular formula is C11H11F4NO3. The number of ether oxygens (including phenoxy) is 1. The monoisotopic (exact) mass is 281 g/mol. The van der Waals surface area contributed by atoms with Crippen LogP contribution < -0.4 is 5.32 Å². The molecule has 0 spiro atoms. The van der Waals surface area contributed by atoms with Crippen molar-refractivity contribution < 1.29 is 32.2 Å². The van der Waals surface area contributed by atoms with E-state index >= 15 is 0 Å². The van der Waals surface area contributed by atoms with Crippen LogP contribution >= 0.6 is 0 Å². The van der Waals surface area contributed by atoms with E-state index in [1.54, 1.807) is 30.3 Å². The maximum Gasteiger partial charge on any atom is 0.409 e. The van der Waals surface area contributed by atoms with Crippen molar-refractivity contribution in [2.75, 3.05) is 0 Å². The summed E-state index contributed by atoms with van der Waals surface area (Å²) >= 11 is 0. The normalized spacial score (nSPS) is 13.2. The number of amides is 1. The Balaban J connectivity index is 2.43. The Morgan fingerprint density at radius 2 is 1.89 bits per heavy atom. The lowest BCUT2D eigenvalue weighted by molar-refractivity contribution is -0.197. The molecule has 19 heavy (non-hydrogen) atoms. The van der Waals surface area contributed by atoms with Gasteiger partial charge in [0.05, 0.1) is 0 Å². The van der Waals surface area contributed by atoms with Crippen molar-refractivity contribution in [2.45, 2.75) is 25.2 Å². The second-order valence-electron chi connectivity index (χ2n) is 3.58. The van der Waals surface area contributed by atoms with E-state index in [0.29, 0.717) is 5.56 Å². The van der Waals surface area contributed by atoms with Gasteiger partial charge in [0, 0.05) is 0 Å². The Bertz CT molecular complexity index is 414. The molecule has 0 heterocycles. The number of hydrogen-bond donors (Lipinski definition) is 2. The molecule has 0 saturated heterocycles. The van der Waals surface area contributed by atoms with E-state index in [0.717, 1.165) is 0 Å². The molecule has 0 aliphatic heterocycles. The summed E-state index contributed by atoms with van der Waals surface area (Å²) < 4.78 is 53.4. The van der Waals surface area contributed by atoms with Crippen LogP contribution in [-0.4, -0.2) is 29.8 Å². The van der Waals surface area contributed by atoms with Crippen LogP contribution in [0.2, 0.25) is 0 Å². The summed E-state index contributed by atoms with van der Waals surface area (Å²) in [6, 6.07) is 8.26. The molecule has 0 bridgehead atoms. The van der Waals surface area contributed by atoms with E-state index < -0.39 is 24.7 Å². The highest BCUT2D eigenvalue weighted by atomic mass is 19.3. The average Bonchev–Trinajstić information content (AvgIpc) is 2.37. The van der Waals surface area contributed by atoms with Gasteiger partial charge in [0.15, 0.2) is 6.23 Å². The predicted octanol–water partition coefficient (Wildman–Crippen LogP) is 2.13. The first-order valence-electron chi connectivity index (χ1n) is 5.15. The van der Waals surface area contributed by atoms with E-state index in [4.69, 9.17) is 5.11 Å². The summed E-state index contributed by atoms with van der Waals surface area (Å²) in [6.45, 7) is -0.236. The molecule has 1 aromatic carbocycles. The molecule has 1 atom stereocenters. The zero-order chi connectivity index (χ0) is 14.5. The molecular weight excluding hydrogens is 270 g/mol. The van der Waals surface area contributed by atoms with Gasteiger partial charge in [-0.25, -0.2) is 13.6 Å². The molecule has 1 unspecified atom stereocenters. The molecule has 0 aliphatic rings. The quantitative estimate of drug-likeness (QED) is 0.642. The Morgan fingerprint density at radius 3 is 2.42 bits per heavy atom. The summed E-state index contributed by atoms with van der Waals surface area (Å²) in [7, 11) is 0. The first-order valence-corrected chi connectivity index (χ1v) is 5.15. The van der Waals surface area contributed by atoms with Gasteiger partial charge in [-0.1, -0.05) is 30.3 Å². The van der Waals surface area contributed by atoms with Gasteiger partial charge in [0.2, 0.25) is 0 Å². The van der Waals surface area contributed by atoms with Crippen molar-refractivity contribution in [1.29, 1.82) is 0 Å². The number of halogens is 4. The van der Waals surface area contributed by atoms with Crippen molar-refractivity contribution in [1.82, 2.24) is 5.32 Å². The first-order chi connectivity index (χ1) is 8.84. The number of aliphatic hydroxyl groups excluding tert-OH is 1. The third-order valence-corrected chi connectivity index (χ3v) is 2.12. The smallest absolute Gasteiger partial charge is 0.409 e. The molecule has 8 heteroatoms. The second kappa shape index (κ2) is 6.37. The molecule has 0 radical (unpaired) electrons. The fourth-order valence-electron chi connectivity index (χ4n) is 1.09. The highest BCUT2D eigenvalue weighted by molar-refractivity contribution is 5.67. The summed E-state index contributed by atoms with van der Waals surface area (Å²) in [5.74, 6) is -4.74. The summed E-state index contributed by atoms with van der Waals surface area (Å²) in [5, 5.41) is 10.0. The highest BCUT2D eigenvalue weighted by Gasteiger charge is 2.49. The molecule has 0 saturated carbocycles. The zero-order valence-corrected chi connectivity index (χ0v) is 9.52. The van der Waals surface area contributed by atoms with Crippen molar-refractivity contribution in [3.05, 3.63) is 35.9 Å². The third-order valence-electron chi connectivity index (χ3n) is 2.12. The predicted molar refractivity (Wildman–Crippen MR) is 56.7 cm³/mol. The number of carbonyl (C=O) groups excluding carboxylic acids is 1. The van der Waals surface area contributed by atoms with Crippen LogP contribution in [-0.2, 0) is 11.3 Å². The van der Waals surface area contributed by atoms with E-state index in [-0.39, 0.29) is 6.61 Å². The Morgan fingerprint density at radius 1 is 1.32 bits per heavy atom. The van der Waals surface area contributed by atoms with Crippen LogP contribution in [0.25, 0.3) is 0 Å². The molecule has 1 aromatic rings. The molecule has 106 valence electrons. The van der Waals surface area contributed by atoms with Crippen LogP contribution in [0, 0.1) is 0 Å². The van der Waals surface area contributed by atoms with E-state index in [2.05, 4.69) is 4.74 Å². The number of alkyl carbamates (subject to hydrolysis) is 1. The zero-order valence-electron chi connectivity index (χ0n) is 9.52. The lowest BCUT2D eigenvalue weighted by atomic mass is 10.2. The minimum absolute atomic E-state index is 0.236. The van der Waals surface area contributed by atoms with Crippen molar-refractivity contribution >= 4 is 6.09 Å². The van der Waals surface area contributed by atoms with Gasteiger partial charge in [0.25, 0.3) is 0 Å². The van der Waals surface area contributed by atoms with Crippen LogP contribution in [0.5, 0.6) is 0 Å². The fourth-order valence-corrected chi connectivity index (χ4v) is 1.09. The number of carbonyl (C=O) groups is 1. The molecule has 1 rings (SSSR count). The van der Waals surface area contributed by atoms with Crippen molar-refractivity contribution in [3.8, 4) is 0 Å². The number of benzene rings is 1. The second-order valence-corrected chi connectivity index (χ2v) is 3.58. The minimum Gasteiger partial charge on any atom is -0.445 e. The number of nitrogens with one attached hydrogen (secondary N) is 1. The number of aliphatic hydroxyl groups is 1. The van der Waals surface area contributed by atoms with Crippen molar-refractivity contribution in [3.63, 3.8) is 0 Å². The topological polar surface area (TPSA) is 58.6 Å². The standard InChI is InChI=1S/C11H11F4NO3/c12-8(13)11(14,15)9(17)16-10(18)19-6-7-4-2-1-3-5-7/h1-5,8-9,17H,6H2,(H,16,18). The van der Waals surface area contributed by atoms with E-state index in [9.17, 15) is 22.4 Å². The van der Waals surface area contributed by atoms with Gasteiger partial charge in [-0.05, 0) is 5.56 Å². The third kappa shape index (κ3) is 4.40. The SMILES string of the molecule is O=C(NC(O)C(F)(F)C(F)F)OCc1ccccc1.